The van der Waals surface area contributed by atoms with Gasteiger partial charge >= 0.3 is 12.1 Å². The summed E-state index contributed by atoms with van der Waals surface area (Å²) in [4.78, 5) is 27.4. The van der Waals surface area contributed by atoms with Gasteiger partial charge in [-0.25, -0.2) is 4.79 Å². The lowest BCUT2D eigenvalue weighted by Crippen LogP contribution is -2.61. The van der Waals surface area contributed by atoms with Crippen LogP contribution in [0.1, 0.15) is 10.4 Å². The van der Waals surface area contributed by atoms with Gasteiger partial charge in [0.15, 0.2) is 0 Å². The number of alkyl halides is 3. The van der Waals surface area contributed by atoms with E-state index in [1.807, 2.05) is 18.2 Å². The first-order valence-corrected chi connectivity index (χ1v) is 9.39. The van der Waals surface area contributed by atoms with Gasteiger partial charge in [-0.2, -0.15) is 13.2 Å². The van der Waals surface area contributed by atoms with Crippen molar-refractivity contribution in [3.63, 3.8) is 0 Å². The highest BCUT2D eigenvalue weighted by Gasteiger charge is 2.38. The number of piperazine rings is 1. The van der Waals surface area contributed by atoms with E-state index in [1.54, 1.807) is 19.0 Å². The van der Waals surface area contributed by atoms with Gasteiger partial charge in [-0.15, -0.1) is 0 Å². The minimum Gasteiger partial charge on any atom is -0.475 e. The lowest BCUT2D eigenvalue weighted by Gasteiger charge is -2.44. The zero-order valence-electron chi connectivity index (χ0n) is 16.2. The number of carboxylic acids is 1. The fourth-order valence-electron chi connectivity index (χ4n) is 2.99. The number of hydrogen-bond donors (Lipinski definition) is 2. The lowest BCUT2D eigenvalue weighted by atomic mass is 10.1. The Balaban J connectivity index is 0.000000370. The molecule has 0 unspecified atom stereocenters. The molecule has 0 spiro atoms. The van der Waals surface area contributed by atoms with Crippen LogP contribution < -0.4 is 10.2 Å². The number of carbonyl (C=O) groups excluding carboxylic acids is 1. The minimum atomic E-state index is -5.08. The molecule has 2 heterocycles. The highest BCUT2D eigenvalue weighted by atomic mass is 35.5. The Labute approximate surface area is 172 Å². The van der Waals surface area contributed by atoms with Crippen molar-refractivity contribution < 1.29 is 27.9 Å². The average Bonchev–Trinajstić information content (AvgIpc) is 2.60. The number of halogens is 4. The van der Waals surface area contributed by atoms with Crippen LogP contribution in [-0.2, 0) is 4.79 Å². The number of hydrogen-bond acceptors (Lipinski definition) is 5. The maximum Gasteiger partial charge on any atom is 0.490 e. The molecule has 29 heavy (non-hydrogen) atoms. The number of carbonyl (C=O) groups is 2. The summed E-state index contributed by atoms with van der Waals surface area (Å²) in [6.07, 6.45) is -5.08. The molecule has 1 amide bonds. The molecule has 2 fully saturated rings. The van der Waals surface area contributed by atoms with Crippen molar-refractivity contribution in [2.24, 2.45) is 0 Å². The molecule has 0 radical (unpaired) electrons. The Morgan fingerprint density at radius 2 is 1.72 bits per heavy atom. The van der Waals surface area contributed by atoms with Crippen LogP contribution in [0.2, 0.25) is 5.02 Å². The summed E-state index contributed by atoms with van der Waals surface area (Å²) >= 11 is 6.31. The van der Waals surface area contributed by atoms with Crippen LogP contribution >= 0.6 is 11.6 Å². The van der Waals surface area contributed by atoms with E-state index < -0.39 is 12.1 Å². The number of aliphatic carboxylic acids is 1. The maximum atomic E-state index is 12.0. The van der Waals surface area contributed by atoms with Gasteiger partial charge in [-0.1, -0.05) is 11.6 Å². The normalized spacial score (nSPS) is 17.8. The Morgan fingerprint density at radius 1 is 1.17 bits per heavy atom. The molecule has 2 N–H and O–H groups in total. The summed E-state index contributed by atoms with van der Waals surface area (Å²) in [5, 5.41) is 11.0. The number of amides is 1. The van der Waals surface area contributed by atoms with E-state index in [1.165, 1.54) is 0 Å². The summed E-state index contributed by atoms with van der Waals surface area (Å²) < 4.78 is 31.7. The third-order valence-corrected chi connectivity index (χ3v) is 5.10. The van der Waals surface area contributed by atoms with Crippen LogP contribution in [0.4, 0.5) is 18.9 Å². The Hall–Kier alpha value is -2.04. The van der Waals surface area contributed by atoms with E-state index in [0.717, 1.165) is 45.0 Å². The van der Waals surface area contributed by atoms with Crippen LogP contribution in [0.15, 0.2) is 18.2 Å². The van der Waals surface area contributed by atoms with E-state index in [9.17, 15) is 18.0 Å². The van der Waals surface area contributed by atoms with Crippen molar-refractivity contribution in [2.75, 3.05) is 58.3 Å². The van der Waals surface area contributed by atoms with E-state index in [-0.39, 0.29) is 5.91 Å². The van der Waals surface area contributed by atoms with Gasteiger partial charge in [0.1, 0.15) is 0 Å². The molecule has 0 atom stereocenters. The predicted octanol–water partition coefficient (Wildman–Crippen LogP) is 1.77. The summed E-state index contributed by atoms with van der Waals surface area (Å²) in [6, 6.07) is 6.47. The lowest BCUT2D eigenvalue weighted by molar-refractivity contribution is -0.192. The molecular formula is C18H24ClF3N4O3. The molecule has 2 aliphatic heterocycles. The number of benzene rings is 1. The molecular weight excluding hydrogens is 413 g/mol. The topological polar surface area (TPSA) is 76.1 Å². The molecule has 3 rings (SSSR count). The van der Waals surface area contributed by atoms with Crippen molar-refractivity contribution in [3.8, 4) is 0 Å². The van der Waals surface area contributed by atoms with Crippen molar-refractivity contribution in [3.05, 3.63) is 28.8 Å². The second-order valence-corrected chi connectivity index (χ2v) is 7.41. The largest absolute Gasteiger partial charge is 0.490 e. The molecule has 1 aromatic carbocycles. The van der Waals surface area contributed by atoms with Gasteiger partial charge in [0, 0.05) is 65.1 Å². The van der Waals surface area contributed by atoms with Gasteiger partial charge in [0.05, 0.1) is 10.6 Å². The molecule has 2 aliphatic rings. The van der Waals surface area contributed by atoms with Gasteiger partial charge in [-0.05, 0) is 18.2 Å². The number of nitrogens with one attached hydrogen (secondary N) is 1. The highest BCUT2D eigenvalue weighted by molar-refractivity contribution is 6.34. The zero-order chi connectivity index (χ0) is 21.8. The first-order valence-electron chi connectivity index (χ1n) is 9.01. The summed E-state index contributed by atoms with van der Waals surface area (Å²) in [6.45, 7) is 6.42. The first kappa shape index (κ1) is 23.2. The monoisotopic (exact) mass is 436 g/mol. The molecule has 0 aliphatic carbocycles. The maximum absolute atomic E-state index is 12.0. The number of anilines is 1. The quantitative estimate of drug-likeness (QED) is 0.752. The standard InChI is InChI=1S/C16H23ClN4O.C2HF3O2/c1-19(2)16(22)14-4-3-12(9-15(14)17)20-5-7-21(8-6-20)13-10-18-11-13;3-2(4,5)1(6)7/h3-4,9,13,18H,5-8,10-11H2,1-2H3;(H,6,7). The third kappa shape index (κ3) is 6.22. The van der Waals surface area contributed by atoms with Gasteiger partial charge in [0.2, 0.25) is 0 Å². The molecule has 11 heteroatoms. The Kier molecular flexibility index (Phi) is 7.73. The van der Waals surface area contributed by atoms with Gasteiger partial charge in [-0.3, -0.25) is 9.69 Å². The predicted molar refractivity (Wildman–Crippen MR) is 104 cm³/mol. The van der Waals surface area contributed by atoms with Crippen molar-refractivity contribution in [2.45, 2.75) is 12.2 Å². The van der Waals surface area contributed by atoms with Crippen molar-refractivity contribution in [1.29, 1.82) is 0 Å². The summed E-state index contributed by atoms with van der Waals surface area (Å²) in [7, 11) is 3.47. The summed E-state index contributed by atoms with van der Waals surface area (Å²) in [5.74, 6) is -2.81. The molecule has 162 valence electrons. The van der Waals surface area contributed by atoms with Crippen LogP contribution in [0, 0.1) is 0 Å². The number of carboxylic acid groups (broad SMARTS) is 1. The first-order chi connectivity index (χ1) is 13.5. The van der Waals surface area contributed by atoms with Crippen molar-refractivity contribution in [1.82, 2.24) is 15.1 Å². The van der Waals surface area contributed by atoms with Crippen LogP contribution in [-0.4, -0.2) is 92.4 Å². The molecule has 1 aromatic rings. The number of rotatable bonds is 3. The van der Waals surface area contributed by atoms with Gasteiger partial charge in [0.25, 0.3) is 5.91 Å². The van der Waals surface area contributed by atoms with Crippen LogP contribution in [0.5, 0.6) is 0 Å². The van der Waals surface area contributed by atoms with E-state index in [2.05, 4.69) is 15.1 Å². The Morgan fingerprint density at radius 3 is 2.10 bits per heavy atom. The average molecular weight is 437 g/mol. The van der Waals surface area contributed by atoms with Gasteiger partial charge < -0.3 is 20.2 Å². The van der Waals surface area contributed by atoms with Crippen LogP contribution in [0.3, 0.4) is 0 Å². The van der Waals surface area contributed by atoms with E-state index in [0.29, 0.717) is 16.6 Å². The molecule has 0 bridgehead atoms. The molecule has 0 saturated carbocycles. The van der Waals surface area contributed by atoms with E-state index in [4.69, 9.17) is 21.5 Å². The second kappa shape index (κ2) is 9.64. The molecule has 7 nitrogen and oxygen atoms in total. The summed E-state index contributed by atoms with van der Waals surface area (Å²) in [5.41, 5.74) is 1.67. The van der Waals surface area contributed by atoms with Crippen molar-refractivity contribution >= 4 is 29.2 Å². The number of nitrogens with zero attached hydrogens (tertiary/aromatic N) is 3. The zero-order valence-corrected chi connectivity index (χ0v) is 16.9. The smallest absolute Gasteiger partial charge is 0.475 e. The highest BCUT2D eigenvalue weighted by Crippen LogP contribution is 2.26. The SMILES string of the molecule is CN(C)C(=O)c1ccc(N2CCN(C3CNC3)CC2)cc1Cl.O=C(O)C(F)(F)F. The molecule has 2 saturated heterocycles. The second-order valence-electron chi connectivity index (χ2n) is 7.00. The van der Waals surface area contributed by atoms with Crippen LogP contribution in [0.25, 0.3) is 0 Å². The Bertz CT molecular complexity index is 734. The minimum absolute atomic E-state index is 0.0566. The fraction of sp³-hybridized carbons (Fsp3) is 0.556. The fourth-order valence-corrected chi connectivity index (χ4v) is 3.25. The third-order valence-electron chi connectivity index (χ3n) is 4.79. The van der Waals surface area contributed by atoms with E-state index >= 15 is 0 Å². The molecule has 0 aromatic heterocycles.